The normalized spacial score (nSPS) is 14.1. The maximum atomic E-state index is 2.35. The lowest BCUT2D eigenvalue weighted by atomic mass is 9.84. The number of aryl methyl sites for hydroxylation is 1. The summed E-state index contributed by atoms with van der Waals surface area (Å²) < 4.78 is 0. The van der Waals surface area contributed by atoms with Gasteiger partial charge in [-0.25, -0.2) is 0 Å². The number of benzene rings is 2. The van der Waals surface area contributed by atoms with E-state index in [2.05, 4.69) is 51.1 Å². The highest BCUT2D eigenvalue weighted by atomic mass is 14.2. The highest BCUT2D eigenvalue weighted by Crippen LogP contribution is 2.36. The van der Waals surface area contributed by atoms with Crippen LogP contribution in [-0.2, 0) is 6.42 Å². The molecule has 0 fully saturated rings. The van der Waals surface area contributed by atoms with Crippen LogP contribution in [-0.4, -0.2) is 0 Å². The largest absolute Gasteiger partial charge is 0.0765 e. The summed E-state index contributed by atoms with van der Waals surface area (Å²) >= 11 is 0. The van der Waals surface area contributed by atoms with Crippen molar-refractivity contribution in [3.05, 3.63) is 52.6 Å². The van der Waals surface area contributed by atoms with Crippen LogP contribution in [0.5, 0.6) is 0 Å². The van der Waals surface area contributed by atoms with E-state index in [4.69, 9.17) is 0 Å². The fraction of sp³-hybridized carbons (Fsp3) is 0.250. The van der Waals surface area contributed by atoms with E-state index in [9.17, 15) is 0 Å². The van der Waals surface area contributed by atoms with Crippen molar-refractivity contribution < 1.29 is 0 Å². The molecule has 2 aromatic carbocycles. The Morgan fingerprint density at radius 3 is 2.69 bits per heavy atom. The summed E-state index contributed by atoms with van der Waals surface area (Å²) in [5, 5.41) is 2.87. The average molecular weight is 208 g/mol. The molecule has 0 atom stereocenters. The van der Waals surface area contributed by atoms with Gasteiger partial charge in [-0.15, -0.1) is 0 Å². The summed E-state index contributed by atoms with van der Waals surface area (Å²) in [4.78, 5) is 0. The highest BCUT2D eigenvalue weighted by molar-refractivity contribution is 5.99. The van der Waals surface area contributed by atoms with Crippen LogP contribution in [0.4, 0.5) is 0 Å². The summed E-state index contributed by atoms with van der Waals surface area (Å²) in [6, 6.07) is 8.97. The van der Waals surface area contributed by atoms with Gasteiger partial charge in [-0.1, -0.05) is 30.3 Å². The average Bonchev–Trinajstić information content (AvgIpc) is 2.28. The summed E-state index contributed by atoms with van der Waals surface area (Å²) in [6.07, 6.45) is 3.43. The molecule has 0 spiro atoms. The smallest absolute Gasteiger partial charge is 0.00708 e. The van der Waals surface area contributed by atoms with Gasteiger partial charge in [0.2, 0.25) is 0 Å². The van der Waals surface area contributed by atoms with Crippen molar-refractivity contribution in [2.75, 3.05) is 0 Å². The maximum Gasteiger partial charge on any atom is -0.00708 e. The van der Waals surface area contributed by atoms with Crippen molar-refractivity contribution in [2.45, 2.75) is 27.2 Å². The van der Waals surface area contributed by atoms with E-state index in [1.54, 1.807) is 0 Å². The van der Waals surface area contributed by atoms with Crippen molar-refractivity contribution in [3.8, 4) is 0 Å². The second kappa shape index (κ2) is 3.21. The van der Waals surface area contributed by atoms with Crippen LogP contribution in [0.2, 0.25) is 0 Å². The minimum atomic E-state index is 1.08. The third kappa shape index (κ3) is 1.16. The molecule has 0 aliphatic heterocycles. The van der Waals surface area contributed by atoms with Gasteiger partial charge in [-0.2, -0.15) is 0 Å². The number of rotatable bonds is 0. The van der Waals surface area contributed by atoms with Gasteiger partial charge >= 0.3 is 0 Å². The summed E-state index contributed by atoms with van der Waals surface area (Å²) in [7, 11) is 0. The highest BCUT2D eigenvalue weighted by Gasteiger charge is 2.15. The monoisotopic (exact) mass is 208 g/mol. The van der Waals surface area contributed by atoms with Gasteiger partial charge in [0.15, 0.2) is 0 Å². The molecule has 0 nitrogen and oxygen atoms in total. The first-order valence-corrected chi connectivity index (χ1v) is 5.87. The van der Waals surface area contributed by atoms with Gasteiger partial charge in [-0.3, -0.25) is 0 Å². The van der Waals surface area contributed by atoms with E-state index in [0.29, 0.717) is 0 Å². The van der Waals surface area contributed by atoms with Crippen molar-refractivity contribution in [1.82, 2.24) is 0 Å². The predicted octanol–water partition coefficient (Wildman–Crippen LogP) is 4.42. The Kier molecular flexibility index (Phi) is 1.94. The molecule has 2 aromatic rings. The molecule has 16 heavy (non-hydrogen) atoms. The molecule has 0 aromatic heterocycles. The zero-order valence-corrected chi connectivity index (χ0v) is 10.1. The molecular weight excluding hydrogens is 192 g/mol. The molecule has 0 heterocycles. The van der Waals surface area contributed by atoms with Crippen molar-refractivity contribution in [1.29, 1.82) is 0 Å². The molecule has 0 heteroatoms. The first kappa shape index (κ1) is 9.65. The lowest BCUT2D eigenvalue weighted by molar-refractivity contribution is 1.24. The van der Waals surface area contributed by atoms with Gasteiger partial charge in [0, 0.05) is 0 Å². The molecule has 0 bridgehead atoms. The number of hydrogen-bond acceptors (Lipinski definition) is 0. The van der Waals surface area contributed by atoms with Crippen LogP contribution in [0.3, 0.4) is 0 Å². The third-order valence-electron chi connectivity index (χ3n) is 3.79. The molecule has 1 aliphatic rings. The Balaban J connectivity index is 2.57. The lowest BCUT2D eigenvalue weighted by Gasteiger charge is -2.20. The summed E-state index contributed by atoms with van der Waals surface area (Å²) in [5.41, 5.74) is 7.21. The van der Waals surface area contributed by atoms with E-state index in [1.807, 2.05) is 0 Å². The fourth-order valence-electron chi connectivity index (χ4n) is 2.80. The molecule has 0 saturated heterocycles. The predicted molar refractivity (Wildman–Crippen MR) is 70.8 cm³/mol. The minimum Gasteiger partial charge on any atom is -0.0765 e. The molecule has 80 valence electrons. The van der Waals surface area contributed by atoms with Crippen LogP contribution in [0.1, 0.15) is 29.2 Å². The Bertz CT molecular complexity index is 615. The van der Waals surface area contributed by atoms with Crippen molar-refractivity contribution in [2.24, 2.45) is 0 Å². The molecule has 0 amide bonds. The summed E-state index contributed by atoms with van der Waals surface area (Å²) in [5.74, 6) is 0. The molecule has 0 saturated carbocycles. The zero-order chi connectivity index (χ0) is 11.3. The Morgan fingerprint density at radius 1 is 1.06 bits per heavy atom. The number of hydrogen-bond donors (Lipinski definition) is 0. The van der Waals surface area contributed by atoms with Gasteiger partial charge in [0.25, 0.3) is 0 Å². The molecule has 0 radical (unpaired) electrons. The maximum absolute atomic E-state index is 2.35. The third-order valence-corrected chi connectivity index (χ3v) is 3.79. The lowest BCUT2D eigenvalue weighted by Crippen LogP contribution is -2.00. The second-order valence-electron chi connectivity index (χ2n) is 4.80. The fourth-order valence-corrected chi connectivity index (χ4v) is 2.80. The van der Waals surface area contributed by atoms with Gasteiger partial charge < -0.3 is 0 Å². The Morgan fingerprint density at radius 2 is 1.88 bits per heavy atom. The molecule has 0 unspecified atom stereocenters. The topological polar surface area (TPSA) is 0 Å². The van der Waals surface area contributed by atoms with Crippen LogP contribution in [0.15, 0.2) is 30.3 Å². The van der Waals surface area contributed by atoms with Crippen LogP contribution in [0, 0.1) is 13.8 Å². The van der Waals surface area contributed by atoms with Crippen molar-refractivity contribution in [3.63, 3.8) is 0 Å². The molecule has 0 N–H and O–H groups in total. The zero-order valence-electron chi connectivity index (χ0n) is 10.1. The van der Waals surface area contributed by atoms with E-state index in [0.717, 1.165) is 6.42 Å². The minimum absolute atomic E-state index is 1.08. The number of allylic oxidation sites excluding steroid dienone is 2. The van der Waals surface area contributed by atoms with Gasteiger partial charge in [0.05, 0.1) is 0 Å². The quantitative estimate of drug-likeness (QED) is 0.601. The van der Waals surface area contributed by atoms with Gasteiger partial charge in [-0.05, 0) is 65.8 Å². The Labute approximate surface area is 96.6 Å². The van der Waals surface area contributed by atoms with Crippen LogP contribution < -0.4 is 0 Å². The van der Waals surface area contributed by atoms with Gasteiger partial charge in [0.1, 0.15) is 0 Å². The first-order valence-electron chi connectivity index (χ1n) is 5.87. The molecular formula is C16H16. The SMILES string of the molecule is CC1=CCc2cccc3cc(C)c(C)c1c23. The van der Waals surface area contributed by atoms with E-state index < -0.39 is 0 Å². The van der Waals surface area contributed by atoms with E-state index >= 15 is 0 Å². The summed E-state index contributed by atoms with van der Waals surface area (Å²) in [6.45, 7) is 6.68. The van der Waals surface area contributed by atoms with Crippen molar-refractivity contribution >= 4 is 16.3 Å². The first-order chi connectivity index (χ1) is 7.68. The van der Waals surface area contributed by atoms with E-state index in [-0.39, 0.29) is 0 Å². The second-order valence-corrected chi connectivity index (χ2v) is 4.80. The molecule has 3 rings (SSSR count). The van der Waals surface area contributed by atoms with Crippen LogP contribution in [0.25, 0.3) is 16.3 Å². The van der Waals surface area contributed by atoms with E-state index in [1.165, 1.54) is 38.6 Å². The molecule has 1 aliphatic carbocycles. The standard InChI is InChI=1S/C16H16/c1-10-7-8-13-5-4-6-14-9-11(2)12(3)15(10)16(13)14/h4-7,9H,8H2,1-3H3. The van der Waals surface area contributed by atoms with Crippen LogP contribution >= 0.6 is 0 Å². The Hall–Kier alpha value is -1.56.